The lowest BCUT2D eigenvalue weighted by atomic mass is 9.87. The van der Waals surface area contributed by atoms with Crippen LogP contribution in [0.15, 0.2) is 0 Å². The topological polar surface area (TPSA) is 29.3 Å². The summed E-state index contributed by atoms with van der Waals surface area (Å²) < 4.78 is 0. The number of hydrogen-bond donors (Lipinski definition) is 1. The van der Waals surface area contributed by atoms with E-state index in [9.17, 15) is 0 Å². The van der Waals surface area contributed by atoms with Crippen molar-refractivity contribution in [3.63, 3.8) is 0 Å². The molecule has 0 aromatic heterocycles. The Balaban J connectivity index is 2.43. The monoisotopic (exact) mass is 198 g/mol. The van der Waals surface area contributed by atoms with Crippen LogP contribution in [-0.4, -0.2) is 30.6 Å². The minimum atomic E-state index is 0.404. The quantitative estimate of drug-likeness (QED) is 0.753. The molecule has 0 spiro atoms. The van der Waals surface area contributed by atoms with Crippen molar-refractivity contribution >= 4 is 0 Å². The summed E-state index contributed by atoms with van der Waals surface area (Å²) in [6.07, 6.45) is 5.36. The second-order valence-corrected chi connectivity index (χ2v) is 5.75. The second-order valence-electron chi connectivity index (χ2n) is 5.75. The molecular weight excluding hydrogens is 172 g/mol. The zero-order valence-electron chi connectivity index (χ0n) is 10.1. The molecule has 0 aromatic rings. The Kier molecular flexibility index (Phi) is 4.39. The molecule has 1 aliphatic heterocycles. The predicted molar refractivity (Wildman–Crippen MR) is 62.3 cm³/mol. The number of nitrogens with zero attached hydrogens (tertiary/aromatic N) is 1. The average molecular weight is 198 g/mol. The van der Waals surface area contributed by atoms with Crippen molar-refractivity contribution < 1.29 is 0 Å². The molecule has 0 radical (unpaired) electrons. The van der Waals surface area contributed by atoms with Crippen molar-refractivity contribution in [3.05, 3.63) is 0 Å². The molecule has 1 saturated heterocycles. The molecule has 2 heteroatoms. The van der Waals surface area contributed by atoms with E-state index in [-0.39, 0.29) is 0 Å². The van der Waals surface area contributed by atoms with E-state index >= 15 is 0 Å². The Morgan fingerprint density at radius 1 is 1.14 bits per heavy atom. The molecule has 84 valence electrons. The molecule has 1 rings (SSSR count). The van der Waals surface area contributed by atoms with Gasteiger partial charge in [-0.15, -0.1) is 0 Å². The van der Waals surface area contributed by atoms with Crippen LogP contribution in [0.1, 0.15) is 46.5 Å². The maximum Gasteiger partial charge on any atom is 0.0223 e. The van der Waals surface area contributed by atoms with Gasteiger partial charge in [-0.25, -0.2) is 0 Å². The summed E-state index contributed by atoms with van der Waals surface area (Å²) in [5.41, 5.74) is 6.27. The third-order valence-corrected chi connectivity index (χ3v) is 3.03. The van der Waals surface area contributed by atoms with Gasteiger partial charge in [0.05, 0.1) is 0 Å². The van der Waals surface area contributed by atoms with Gasteiger partial charge < -0.3 is 5.73 Å². The summed E-state index contributed by atoms with van der Waals surface area (Å²) in [6, 6.07) is 0.607. The molecule has 1 heterocycles. The fourth-order valence-electron chi connectivity index (χ4n) is 2.35. The highest BCUT2D eigenvalue weighted by Gasteiger charge is 2.24. The van der Waals surface area contributed by atoms with Crippen LogP contribution in [0.2, 0.25) is 0 Å². The van der Waals surface area contributed by atoms with Crippen molar-refractivity contribution in [1.29, 1.82) is 0 Å². The minimum Gasteiger partial charge on any atom is -0.329 e. The molecule has 2 nitrogen and oxygen atoms in total. The van der Waals surface area contributed by atoms with E-state index in [4.69, 9.17) is 5.73 Å². The van der Waals surface area contributed by atoms with E-state index in [1.807, 2.05) is 0 Å². The predicted octanol–water partition coefficient (Wildman–Crippen LogP) is 2.24. The molecule has 2 N–H and O–H groups in total. The molecule has 0 amide bonds. The standard InChI is InChI=1S/C12H26N2/c1-12(2,3)9-11(10-13)14-7-5-4-6-8-14/h11H,4-10,13H2,1-3H3. The van der Waals surface area contributed by atoms with Crippen molar-refractivity contribution in [3.8, 4) is 0 Å². The highest BCUT2D eigenvalue weighted by Crippen LogP contribution is 2.24. The van der Waals surface area contributed by atoms with Crippen LogP contribution in [-0.2, 0) is 0 Å². The van der Waals surface area contributed by atoms with E-state index in [1.165, 1.54) is 38.8 Å². The van der Waals surface area contributed by atoms with Gasteiger partial charge in [-0.2, -0.15) is 0 Å². The van der Waals surface area contributed by atoms with Crippen LogP contribution in [0.4, 0.5) is 0 Å². The first-order chi connectivity index (χ1) is 6.53. The Morgan fingerprint density at radius 3 is 2.14 bits per heavy atom. The van der Waals surface area contributed by atoms with Crippen LogP contribution < -0.4 is 5.73 Å². The molecule has 1 aliphatic rings. The summed E-state index contributed by atoms with van der Waals surface area (Å²) in [7, 11) is 0. The maximum absolute atomic E-state index is 5.87. The number of hydrogen-bond acceptors (Lipinski definition) is 2. The van der Waals surface area contributed by atoms with Gasteiger partial charge in [0.2, 0.25) is 0 Å². The third kappa shape index (κ3) is 3.97. The van der Waals surface area contributed by atoms with Crippen molar-refractivity contribution in [2.45, 2.75) is 52.5 Å². The second kappa shape index (κ2) is 5.13. The molecule has 0 saturated carbocycles. The Bertz CT molecular complexity index is 154. The van der Waals surface area contributed by atoms with Crippen LogP contribution in [0, 0.1) is 5.41 Å². The summed E-state index contributed by atoms with van der Waals surface area (Å²) in [5, 5.41) is 0. The number of nitrogens with two attached hydrogens (primary N) is 1. The van der Waals surface area contributed by atoms with E-state index < -0.39 is 0 Å². The number of likely N-dealkylation sites (tertiary alicyclic amines) is 1. The fraction of sp³-hybridized carbons (Fsp3) is 1.00. The fourth-order valence-corrected chi connectivity index (χ4v) is 2.35. The van der Waals surface area contributed by atoms with Gasteiger partial charge in [-0.3, -0.25) is 4.90 Å². The highest BCUT2D eigenvalue weighted by atomic mass is 15.2. The van der Waals surface area contributed by atoms with Crippen molar-refractivity contribution in [2.24, 2.45) is 11.1 Å². The van der Waals surface area contributed by atoms with Crippen LogP contribution in [0.5, 0.6) is 0 Å². The zero-order chi connectivity index (χ0) is 10.6. The first kappa shape index (κ1) is 12.0. The van der Waals surface area contributed by atoms with E-state index in [1.54, 1.807) is 0 Å². The molecule has 1 atom stereocenters. The van der Waals surface area contributed by atoms with Crippen LogP contribution in [0.3, 0.4) is 0 Å². The largest absolute Gasteiger partial charge is 0.329 e. The van der Waals surface area contributed by atoms with E-state index in [0.717, 1.165) is 6.54 Å². The lowest BCUT2D eigenvalue weighted by Crippen LogP contribution is -2.45. The summed E-state index contributed by atoms with van der Waals surface area (Å²) in [6.45, 7) is 10.3. The molecule has 1 fully saturated rings. The van der Waals surface area contributed by atoms with Crippen molar-refractivity contribution in [2.75, 3.05) is 19.6 Å². The van der Waals surface area contributed by atoms with Gasteiger partial charge in [0.25, 0.3) is 0 Å². The molecule has 0 aliphatic carbocycles. The van der Waals surface area contributed by atoms with Gasteiger partial charge in [-0.05, 0) is 37.8 Å². The van der Waals surface area contributed by atoms with Crippen molar-refractivity contribution in [1.82, 2.24) is 4.90 Å². The molecule has 0 bridgehead atoms. The SMILES string of the molecule is CC(C)(C)CC(CN)N1CCCCC1. The normalized spacial score (nSPS) is 22.3. The minimum absolute atomic E-state index is 0.404. The van der Waals surface area contributed by atoms with Crippen LogP contribution >= 0.6 is 0 Å². The maximum atomic E-state index is 5.87. The number of piperidine rings is 1. The lowest BCUT2D eigenvalue weighted by molar-refractivity contribution is 0.129. The highest BCUT2D eigenvalue weighted by molar-refractivity contribution is 4.80. The molecule has 14 heavy (non-hydrogen) atoms. The molecular formula is C12H26N2. The van der Waals surface area contributed by atoms with E-state index in [2.05, 4.69) is 25.7 Å². The summed E-state index contributed by atoms with van der Waals surface area (Å²) in [4.78, 5) is 2.59. The molecule has 0 aromatic carbocycles. The Morgan fingerprint density at radius 2 is 1.71 bits per heavy atom. The van der Waals surface area contributed by atoms with Gasteiger partial charge in [-0.1, -0.05) is 27.2 Å². The van der Waals surface area contributed by atoms with Gasteiger partial charge in [0, 0.05) is 12.6 Å². The van der Waals surface area contributed by atoms with Crippen LogP contribution in [0.25, 0.3) is 0 Å². The Labute approximate surface area is 88.8 Å². The third-order valence-electron chi connectivity index (χ3n) is 3.03. The number of rotatable bonds is 3. The summed E-state index contributed by atoms with van der Waals surface area (Å²) in [5.74, 6) is 0. The lowest BCUT2D eigenvalue weighted by Gasteiger charge is -2.37. The van der Waals surface area contributed by atoms with Gasteiger partial charge in [0.1, 0.15) is 0 Å². The first-order valence-corrected chi connectivity index (χ1v) is 5.97. The zero-order valence-corrected chi connectivity index (χ0v) is 10.1. The van der Waals surface area contributed by atoms with Gasteiger partial charge in [0.15, 0.2) is 0 Å². The smallest absolute Gasteiger partial charge is 0.0223 e. The summed E-state index contributed by atoms with van der Waals surface area (Å²) >= 11 is 0. The van der Waals surface area contributed by atoms with Gasteiger partial charge >= 0.3 is 0 Å². The Hall–Kier alpha value is -0.0800. The average Bonchev–Trinajstić information content (AvgIpc) is 2.14. The molecule has 1 unspecified atom stereocenters. The van der Waals surface area contributed by atoms with E-state index in [0.29, 0.717) is 11.5 Å². The first-order valence-electron chi connectivity index (χ1n) is 5.97.